The first-order chi connectivity index (χ1) is 12.1. The normalized spacial score (nSPS) is 56.2. The predicted molar refractivity (Wildman–Crippen MR) is 96.1 cm³/mol. The molecule has 0 aromatic heterocycles. The van der Waals surface area contributed by atoms with Crippen molar-refractivity contribution in [1.82, 2.24) is 0 Å². The lowest BCUT2D eigenvalue weighted by atomic mass is 9.45. The van der Waals surface area contributed by atoms with Gasteiger partial charge in [-0.05, 0) is 74.2 Å². The molecule has 0 saturated heterocycles. The van der Waals surface area contributed by atoms with E-state index in [0.717, 1.165) is 24.8 Å². The van der Waals surface area contributed by atoms with Crippen LogP contribution < -0.4 is 0 Å². The van der Waals surface area contributed by atoms with Crippen LogP contribution >= 0.6 is 0 Å². The van der Waals surface area contributed by atoms with E-state index in [4.69, 9.17) is 0 Å². The van der Waals surface area contributed by atoms with Gasteiger partial charge in [-0.2, -0.15) is 0 Å². The van der Waals surface area contributed by atoms with Gasteiger partial charge in [-0.25, -0.2) is 0 Å². The molecule has 0 amide bonds. The van der Waals surface area contributed by atoms with Crippen LogP contribution in [0, 0.1) is 28.6 Å². The van der Waals surface area contributed by atoms with Crippen molar-refractivity contribution in [1.29, 1.82) is 0 Å². The van der Waals surface area contributed by atoms with Crippen LogP contribution in [0.5, 0.6) is 0 Å². The molecule has 0 aliphatic heterocycles. The number of rotatable bonds is 1. The summed E-state index contributed by atoms with van der Waals surface area (Å²) >= 11 is 0. The second-order valence-corrected chi connectivity index (χ2v) is 9.78. The molecule has 9 atom stereocenters. The maximum atomic E-state index is 12.3. The number of aliphatic hydroxyl groups excluding tert-OH is 3. The first-order valence-corrected chi connectivity index (χ1v) is 10.1. The number of hydrogen-bond acceptors (Lipinski definition) is 5. The van der Waals surface area contributed by atoms with Crippen molar-refractivity contribution in [2.45, 2.75) is 83.2 Å². The molecule has 4 N–H and O–H groups in total. The molecule has 4 rings (SSSR count). The Bertz CT molecular complexity index is 659. The monoisotopic (exact) mass is 364 g/mol. The van der Waals surface area contributed by atoms with Crippen LogP contribution in [0.1, 0.15) is 59.3 Å². The Balaban J connectivity index is 1.77. The highest BCUT2D eigenvalue weighted by Gasteiger charge is 2.68. The van der Waals surface area contributed by atoms with E-state index < -0.39 is 29.3 Å². The average molecular weight is 364 g/mol. The van der Waals surface area contributed by atoms with Gasteiger partial charge in [-0.15, -0.1) is 0 Å². The zero-order chi connectivity index (χ0) is 19.1. The summed E-state index contributed by atoms with van der Waals surface area (Å²) in [6, 6.07) is 0. The maximum absolute atomic E-state index is 12.3. The number of fused-ring (bicyclic) bond motifs is 5. The van der Waals surface area contributed by atoms with E-state index in [1.807, 2.05) is 6.92 Å². The number of hydrogen-bond donors (Lipinski definition) is 4. The molecule has 4 aliphatic rings. The Morgan fingerprint density at radius 3 is 2.35 bits per heavy atom. The molecule has 146 valence electrons. The Kier molecular flexibility index (Phi) is 4.03. The van der Waals surface area contributed by atoms with E-state index in [2.05, 4.69) is 6.92 Å². The molecule has 5 nitrogen and oxygen atoms in total. The number of ketones is 1. The van der Waals surface area contributed by atoms with Gasteiger partial charge in [0.25, 0.3) is 0 Å². The zero-order valence-electron chi connectivity index (χ0n) is 16.0. The topological polar surface area (TPSA) is 98.0 Å². The third-order valence-electron chi connectivity index (χ3n) is 8.91. The first kappa shape index (κ1) is 18.6. The van der Waals surface area contributed by atoms with Crippen LogP contribution in [0.25, 0.3) is 0 Å². The minimum atomic E-state index is -1.33. The summed E-state index contributed by atoms with van der Waals surface area (Å²) in [5.74, 6) is -0.0917. The molecule has 0 spiro atoms. The Morgan fingerprint density at radius 2 is 1.69 bits per heavy atom. The van der Waals surface area contributed by atoms with Crippen molar-refractivity contribution in [3.8, 4) is 0 Å². The highest BCUT2D eigenvalue weighted by Crippen LogP contribution is 2.67. The van der Waals surface area contributed by atoms with Gasteiger partial charge >= 0.3 is 0 Å². The molecule has 26 heavy (non-hydrogen) atoms. The van der Waals surface area contributed by atoms with Gasteiger partial charge in [0, 0.05) is 5.41 Å². The molecule has 3 saturated carbocycles. The van der Waals surface area contributed by atoms with Gasteiger partial charge in [0.05, 0.1) is 12.2 Å². The molecule has 4 aliphatic carbocycles. The summed E-state index contributed by atoms with van der Waals surface area (Å²) in [7, 11) is 0. The van der Waals surface area contributed by atoms with Gasteiger partial charge in [0.2, 0.25) is 0 Å². The molecule has 0 bridgehead atoms. The van der Waals surface area contributed by atoms with Gasteiger partial charge in [-0.3, -0.25) is 4.79 Å². The molecular formula is C21H32O5. The van der Waals surface area contributed by atoms with Crippen LogP contribution in [-0.2, 0) is 4.79 Å². The van der Waals surface area contributed by atoms with E-state index in [1.54, 1.807) is 6.08 Å². The largest absolute Gasteiger partial charge is 0.390 e. The molecule has 0 aromatic rings. The summed E-state index contributed by atoms with van der Waals surface area (Å²) in [6.45, 7) is 5.63. The van der Waals surface area contributed by atoms with Crippen LogP contribution in [0.3, 0.4) is 0 Å². The molecule has 0 radical (unpaired) electrons. The van der Waals surface area contributed by atoms with Crippen molar-refractivity contribution in [3.63, 3.8) is 0 Å². The molecule has 5 heteroatoms. The minimum Gasteiger partial charge on any atom is -0.390 e. The Labute approximate surface area is 155 Å². The second kappa shape index (κ2) is 5.63. The fourth-order valence-corrected chi connectivity index (χ4v) is 7.31. The smallest absolute Gasteiger partial charge is 0.161 e. The second-order valence-electron chi connectivity index (χ2n) is 9.78. The fraction of sp³-hybridized carbons (Fsp3) is 0.857. The van der Waals surface area contributed by atoms with Crippen LogP contribution in [0.4, 0.5) is 0 Å². The van der Waals surface area contributed by atoms with Crippen molar-refractivity contribution >= 4 is 5.78 Å². The fourth-order valence-electron chi connectivity index (χ4n) is 7.31. The molecule has 3 unspecified atom stereocenters. The van der Waals surface area contributed by atoms with Crippen LogP contribution in [-0.4, -0.2) is 50.1 Å². The third kappa shape index (κ3) is 2.09. The van der Waals surface area contributed by atoms with Gasteiger partial charge < -0.3 is 20.4 Å². The van der Waals surface area contributed by atoms with E-state index in [1.165, 1.54) is 6.92 Å². The SMILES string of the molecule is CC(=O)[C@@]1(O)CC[C@H]2[C@@H]3C(O)C(O)C4=CC(O)CC[C@]4(C)[C@H]3CC[C@@]21C. The van der Waals surface area contributed by atoms with Crippen LogP contribution in [0.2, 0.25) is 0 Å². The Hall–Kier alpha value is -0.750. The van der Waals surface area contributed by atoms with Crippen molar-refractivity contribution in [2.75, 3.05) is 0 Å². The lowest BCUT2D eigenvalue weighted by Gasteiger charge is -2.61. The molecular weight excluding hydrogens is 332 g/mol. The standard InChI is InChI=1S/C21H32O5/c1-11(22)21(26)9-6-14-16-13(5-8-20(14,21)3)19(2)7-4-12(23)10-15(19)17(24)18(16)25/h10,12-14,16-18,23-26H,4-9H2,1-3H3/t12?,13-,14-,16+,17?,18?,19+,20-,21-/m0/s1. The number of carbonyl (C=O) groups is 1. The van der Waals surface area contributed by atoms with Crippen molar-refractivity contribution < 1.29 is 25.2 Å². The number of Topliss-reactive ketones (excluding diaryl/α,β-unsaturated/α-hetero) is 1. The summed E-state index contributed by atoms with van der Waals surface area (Å²) in [4.78, 5) is 12.3. The van der Waals surface area contributed by atoms with Crippen molar-refractivity contribution in [3.05, 3.63) is 11.6 Å². The summed E-state index contributed by atoms with van der Waals surface area (Å²) in [5.41, 5.74) is -1.33. The average Bonchev–Trinajstić information content (AvgIpc) is 2.87. The van der Waals surface area contributed by atoms with Crippen LogP contribution in [0.15, 0.2) is 11.6 Å². The van der Waals surface area contributed by atoms with E-state index in [-0.39, 0.29) is 29.0 Å². The summed E-state index contributed by atoms with van der Waals surface area (Å²) in [6.07, 6.45) is 3.49. The first-order valence-electron chi connectivity index (χ1n) is 10.1. The van der Waals surface area contributed by atoms with E-state index in [9.17, 15) is 25.2 Å². The highest BCUT2D eigenvalue weighted by atomic mass is 16.3. The molecule has 0 heterocycles. The van der Waals surface area contributed by atoms with E-state index in [0.29, 0.717) is 19.3 Å². The third-order valence-corrected chi connectivity index (χ3v) is 8.91. The highest BCUT2D eigenvalue weighted by molar-refractivity contribution is 5.86. The maximum Gasteiger partial charge on any atom is 0.161 e. The zero-order valence-corrected chi connectivity index (χ0v) is 16.0. The summed E-state index contributed by atoms with van der Waals surface area (Å²) < 4.78 is 0. The lowest BCUT2D eigenvalue weighted by molar-refractivity contribution is -0.180. The van der Waals surface area contributed by atoms with Gasteiger partial charge in [-0.1, -0.05) is 19.9 Å². The van der Waals surface area contributed by atoms with Gasteiger partial charge in [0.1, 0.15) is 11.7 Å². The molecule has 0 aromatic carbocycles. The Morgan fingerprint density at radius 1 is 1.04 bits per heavy atom. The quantitative estimate of drug-likeness (QED) is 0.530. The minimum absolute atomic E-state index is 0.0185. The van der Waals surface area contributed by atoms with E-state index >= 15 is 0 Å². The number of aliphatic hydroxyl groups is 4. The van der Waals surface area contributed by atoms with Crippen molar-refractivity contribution in [2.24, 2.45) is 28.6 Å². The predicted octanol–water partition coefficient (Wildman–Crippen LogP) is 1.57. The lowest BCUT2D eigenvalue weighted by Crippen LogP contribution is -2.63. The van der Waals surface area contributed by atoms with Gasteiger partial charge in [0.15, 0.2) is 5.78 Å². The molecule has 3 fully saturated rings. The number of carbonyl (C=O) groups excluding carboxylic acids is 1. The summed E-state index contributed by atoms with van der Waals surface area (Å²) in [5, 5.41) is 43.1.